The first-order valence-corrected chi connectivity index (χ1v) is 5.55. The van der Waals surface area contributed by atoms with E-state index < -0.39 is 11.9 Å². The summed E-state index contributed by atoms with van der Waals surface area (Å²) in [6.07, 6.45) is 0.473. The summed E-state index contributed by atoms with van der Waals surface area (Å²) in [4.78, 5) is 12.8. The van der Waals surface area contributed by atoms with E-state index in [9.17, 15) is 9.18 Å². The summed E-state index contributed by atoms with van der Waals surface area (Å²) in [5, 5.41) is 9.02. The van der Waals surface area contributed by atoms with Crippen molar-refractivity contribution in [1.29, 1.82) is 0 Å². The number of carbonyl (C=O) groups is 1. The summed E-state index contributed by atoms with van der Waals surface area (Å²) in [6.45, 7) is 0.944. The van der Waals surface area contributed by atoms with Crippen molar-refractivity contribution in [2.75, 3.05) is 18.0 Å². The molecule has 3 N–H and O–H groups in total. The third-order valence-corrected chi connectivity index (χ3v) is 3.01. The number of aliphatic carboxylic acids is 1. The monoisotopic (exact) mass is 238 g/mol. The number of nitrogens with two attached hydrogens (primary N) is 1. The number of halogens is 1. The number of carboxylic acids is 1. The lowest BCUT2D eigenvalue weighted by Crippen LogP contribution is -2.49. The minimum atomic E-state index is -0.846. The second-order valence-corrected chi connectivity index (χ2v) is 4.42. The van der Waals surface area contributed by atoms with E-state index in [1.54, 1.807) is 12.1 Å². The zero-order valence-electron chi connectivity index (χ0n) is 9.34. The first-order valence-electron chi connectivity index (χ1n) is 5.55. The van der Waals surface area contributed by atoms with Crippen molar-refractivity contribution in [2.24, 2.45) is 11.7 Å². The van der Waals surface area contributed by atoms with Gasteiger partial charge in [0, 0.05) is 24.8 Å². The maximum Gasteiger partial charge on any atom is 0.308 e. The van der Waals surface area contributed by atoms with Gasteiger partial charge in [0.15, 0.2) is 0 Å². The number of carboxylic acid groups (broad SMARTS) is 1. The van der Waals surface area contributed by atoms with Crippen LogP contribution >= 0.6 is 0 Å². The SMILES string of the molecule is NC1CC(C(=O)O)CN(c2cccc(F)c2)C1. The molecular weight excluding hydrogens is 223 g/mol. The maximum atomic E-state index is 13.1. The molecule has 0 amide bonds. The molecule has 92 valence electrons. The fourth-order valence-corrected chi connectivity index (χ4v) is 2.20. The molecule has 1 aromatic carbocycles. The number of hydrogen-bond donors (Lipinski definition) is 2. The van der Waals surface area contributed by atoms with Crippen LogP contribution in [-0.4, -0.2) is 30.2 Å². The third-order valence-electron chi connectivity index (χ3n) is 3.01. The van der Waals surface area contributed by atoms with Crippen LogP contribution in [0.25, 0.3) is 0 Å². The van der Waals surface area contributed by atoms with Gasteiger partial charge in [-0.1, -0.05) is 6.07 Å². The van der Waals surface area contributed by atoms with E-state index in [-0.39, 0.29) is 11.9 Å². The predicted octanol–water partition coefficient (Wildman–Crippen LogP) is 1.06. The van der Waals surface area contributed by atoms with Gasteiger partial charge in [-0.25, -0.2) is 4.39 Å². The number of anilines is 1. The van der Waals surface area contributed by atoms with Crippen LogP contribution in [0.2, 0.25) is 0 Å². The first kappa shape index (κ1) is 11.9. The van der Waals surface area contributed by atoms with Crippen molar-refractivity contribution in [3.63, 3.8) is 0 Å². The Kier molecular flexibility index (Phi) is 3.28. The summed E-state index contributed by atoms with van der Waals surface area (Å²) in [5.41, 5.74) is 6.52. The van der Waals surface area contributed by atoms with Crippen molar-refractivity contribution in [1.82, 2.24) is 0 Å². The number of benzene rings is 1. The molecule has 17 heavy (non-hydrogen) atoms. The molecular formula is C12H15FN2O2. The molecule has 4 nitrogen and oxygen atoms in total. The Labute approximate surface area is 98.8 Å². The molecule has 1 saturated heterocycles. The van der Waals surface area contributed by atoms with Crippen LogP contribution in [0.15, 0.2) is 24.3 Å². The highest BCUT2D eigenvalue weighted by Crippen LogP contribution is 2.23. The van der Waals surface area contributed by atoms with Crippen LogP contribution in [-0.2, 0) is 4.79 Å². The molecule has 1 aromatic rings. The molecule has 0 spiro atoms. The summed E-state index contributed by atoms with van der Waals surface area (Å²) >= 11 is 0. The van der Waals surface area contributed by atoms with E-state index in [0.29, 0.717) is 25.2 Å². The zero-order valence-corrected chi connectivity index (χ0v) is 9.34. The van der Waals surface area contributed by atoms with Crippen LogP contribution in [0.3, 0.4) is 0 Å². The molecule has 5 heteroatoms. The van der Waals surface area contributed by atoms with Gasteiger partial charge in [-0.05, 0) is 24.6 Å². The standard InChI is InChI=1S/C12H15FN2O2/c13-9-2-1-3-11(5-9)15-6-8(12(16)17)4-10(14)7-15/h1-3,5,8,10H,4,6-7,14H2,(H,16,17). The molecule has 2 rings (SSSR count). The van der Waals surface area contributed by atoms with E-state index in [1.807, 2.05) is 4.90 Å². The van der Waals surface area contributed by atoms with Crippen LogP contribution in [0.1, 0.15) is 6.42 Å². The number of nitrogens with zero attached hydrogens (tertiary/aromatic N) is 1. The van der Waals surface area contributed by atoms with Gasteiger partial charge in [0.25, 0.3) is 0 Å². The molecule has 1 heterocycles. The van der Waals surface area contributed by atoms with Gasteiger partial charge < -0.3 is 15.7 Å². The summed E-state index contributed by atoms with van der Waals surface area (Å²) in [5.74, 6) is -1.66. The van der Waals surface area contributed by atoms with E-state index in [1.165, 1.54) is 12.1 Å². The van der Waals surface area contributed by atoms with E-state index in [0.717, 1.165) is 0 Å². The number of piperidine rings is 1. The largest absolute Gasteiger partial charge is 0.481 e. The molecule has 1 aliphatic rings. The second-order valence-electron chi connectivity index (χ2n) is 4.42. The van der Waals surface area contributed by atoms with Crippen LogP contribution < -0.4 is 10.6 Å². The molecule has 0 aliphatic carbocycles. The van der Waals surface area contributed by atoms with Crippen LogP contribution in [0.5, 0.6) is 0 Å². The summed E-state index contributed by atoms with van der Waals surface area (Å²) in [7, 11) is 0. The molecule has 0 bridgehead atoms. The molecule has 0 saturated carbocycles. The van der Waals surface area contributed by atoms with Gasteiger partial charge in [-0.3, -0.25) is 4.79 Å². The molecule has 1 fully saturated rings. The van der Waals surface area contributed by atoms with Gasteiger partial charge in [-0.2, -0.15) is 0 Å². The second kappa shape index (κ2) is 4.71. The minimum Gasteiger partial charge on any atom is -0.481 e. The highest BCUT2D eigenvalue weighted by molar-refractivity contribution is 5.71. The molecule has 0 radical (unpaired) electrons. The minimum absolute atomic E-state index is 0.187. The smallest absolute Gasteiger partial charge is 0.308 e. The average molecular weight is 238 g/mol. The Hall–Kier alpha value is -1.62. The van der Waals surface area contributed by atoms with E-state index >= 15 is 0 Å². The normalized spacial score (nSPS) is 24.7. The topological polar surface area (TPSA) is 66.6 Å². The zero-order chi connectivity index (χ0) is 12.4. The Balaban J connectivity index is 2.18. The summed E-state index contributed by atoms with van der Waals surface area (Å²) in [6, 6.07) is 5.95. The fourth-order valence-electron chi connectivity index (χ4n) is 2.20. The fraction of sp³-hybridized carbons (Fsp3) is 0.417. The lowest BCUT2D eigenvalue weighted by Gasteiger charge is -2.36. The molecule has 1 aliphatic heterocycles. The maximum absolute atomic E-state index is 13.1. The van der Waals surface area contributed by atoms with Crippen molar-refractivity contribution >= 4 is 11.7 Å². The van der Waals surface area contributed by atoms with Crippen LogP contribution in [0.4, 0.5) is 10.1 Å². The van der Waals surface area contributed by atoms with Crippen molar-refractivity contribution in [3.05, 3.63) is 30.1 Å². The van der Waals surface area contributed by atoms with Gasteiger partial charge >= 0.3 is 5.97 Å². The number of hydrogen-bond acceptors (Lipinski definition) is 3. The van der Waals surface area contributed by atoms with Crippen molar-refractivity contribution < 1.29 is 14.3 Å². The molecule has 2 unspecified atom stereocenters. The summed E-state index contributed by atoms with van der Waals surface area (Å²) < 4.78 is 13.1. The van der Waals surface area contributed by atoms with Crippen molar-refractivity contribution in [2.45, 2.75) is 12.5 Å². The lowest BCUT2D eigenvalue weighted by atomic mass is 9.94. The Bertz CT molecular complexity index is 425. The van der Waals surface area contributed by atoms with Crippen LogP contribution in [0, 0.1) is 11.7 Å². The first-order chi connectivity index (χ1) is 8.06. The Morgan fingerprint density at radius 3 is 2.88 bits per heavy atom. The Morgan fingerprint density at radius 1 is 1.47 bits per heavy atom. The Morgan fingerprint density at radius 2 is 2.24 bits per heavy atom. The van der Waals surface area contributed by atoms with Crippen molar-refractivity contribution in [3.8, 4) is 0 Å². The quantitative estimate of drug-likeness (QED) is 0.808. The average Bonchev–Trinajstić information content (AvgIpc) is 2.28. The van der Waals surface area contributed by atoms with E-state index in [2.05, 4.69) is 0 Å². The van der Waals surface area contributed by atoms with Gasteiger partial charge in [-0.15, -0.1) is 0 Å². The molecule has 0 aromatic heterocycles. The van der Waals surface area contributed by atoms with E-state index in [4.69, 9.17) is 10.8 Å². The van der Waals surface area contributed by atoms with Gasteiger partial charge in [0.1, 0.15) is 5.82 Å². The third kappa shape index (κ3) is 2.74. The lowest BCUT2D eigenvalue weighted by molar-refractivity contribution is -0.142. The molecule has 2 atom stereocenters. The highest BCUT2D eigenvalue weighted by atomic mass is 19.1. The number of rotatable bonds is 2. The highest BCUT2D eigenvalue weighted by Gasteiger charge is 2.29. The van der Waals surface area contributed by atoms with Gasteiger partial charge in [0.2, 0.25) is 0 Å². The van der Waals surface area contributed by atoms with Gasteiger partial charge in [0.05, 0.1) is 5.92 Å². The predicted molar refractivity (Wildman–Crippen MR) is 62.3 cm³/mol.